The van der Waals surface area contributed by atoms with Gasteiger partial charge in [-0.05, 0) is 6.92 Å². The van der Waals surface area contributed by atoms with Gasteiger partial charge in [0.15, 0.2) is 0 Å². The Labute approximate surface area is 88.1 Å². The van der Waals surface area contributed by atoms with Crippen LogP contribution in [0, 0.1) is 0 Å². The summed E-state index contributed by atoms with van der Waals surface area (Å²) in [5.41, 5.74) is 0.817. The molecule has 4 heteroatoms. The van der Waals surface area contributed by atoms with E-state index in [2.05, 4.69) is 18.8 Å². The second kappa shape index (κ2) is 5.10. The van der Waals surface area contributed by atoms with Crippen molar-refractivity contribution < 1.29 is 9.53 Å². The highest BCUT2D eigenvalue weighted by Crippen LogP contribution is 2.19. The lowest BCUT2D eigenvalue weighted by Gasteiger charge is -1.99. The van der Waals surface area contributed by atoms with Crippen LogP contribution in [0.4, 0.5) is 0 Å². The molecule has 0 amide bonds. The van der Waals surface area contributed by atoms with Gasteiger partial charge in [-0.3, -0.25) is 4.79 Å². The van der Waals surface area contributed by atoms with Crippen molar-refractivity contribution in [3.63, 3.8) is 0 Å². The molecule has 78 valence electrons. The number of nitrogens with zero attached hydrogens (tertiary/aromatic N) is 1. The number of ether oxygens (including phenoxy) is 1. The Bertz CT molecular complexity index is 307. The first-order valence-electron chi connectivity index (χ1n) is 4.73. The molecule has 1 aromatic heterocycles. The van der Waals surface area contributed by atoms with E-state index in [0.29, 0.717) is 12.5 Å². The molecule has 0 N–H and O–H groups in total. The van der Waals surface area contributed by atoms with Gasteiger partial charge < -0.3 is 4.74 Å². The van der Waals surface area contributed by atoms with Gasteiger partial charge in [-0.25, -0.2) is 4.98 Å². The van der Waals surface area contributed by atoms with Gasteiger partial charge in [0.05, 0.1) is 23.7 Å². The number of aromatic nitrogens is 1. The number of hydrogen-bond acceptors (Lipinski definition) is 4. The summed E-state index contributed by atoms with van der Waals surface area (Å²) < 4.78 is 4.84. The first-order chi connectivity index (χ1) is 6.63. The standard InChI is InChI=1S/C10H15NO2S/c1-4-13-9(12)5-8-6-14-10(11-8)7(2)3/h6-7H,4-5H2,1-3H3. The lowest BCUT2D eigenvalue weighted by molar-refractivity contribution is -0.142. The van der Waals surface area contributed by atoms with E-state index in [9.17, 15) is 4.79 Å². The maximum atomic E-state index is 11.1. The van der Waals surface area contributed by atoms with E-state index >= 15 is 0 Å². The van der Waals surface area contributed by atoms with Crippen molar-refractivity contribution in [2.45, 2.75) is 33.1 Å². The molecule has 0 bridgehead atoms. The Morgan fingerprint density at radius 3 is 2.86 bits per heavy atom. The molecular weight excluding hydrogens is 198 g/mol. The minimum atomic E-state index is -0.201. The molecule has 0 aromatic carbocycles. The molecule has 0 aliphatic heterocycles. The zero-order valence-corrected chi connectivity index (χ0v) is 9.56. The van der Waals surface area contributed by atoms with Crippen LogP contribution >= 0.6 is 11.3 Å². The van der Waals surface area contributed by atoms with Gasteiger partial charge in [0, 0.05) is 11.3 Å². The minimum Gasteiger partial charge on any atom is -0.466 e. The fraction of sp³-hybridized carbons (Fsp3) is 0.600. The van der Waals surface area contributed by atoms with Crippen molar-refractivity contribution in [1.29, 1.82) is 0 Å². The summed E-state index contributed by atoms with van der Waals surface area (Å²) in [6, 6.07) is 0. The fourth-order valence-corrected chi connectivity index (χ4v) is 1.86. The molecule has 14 heavy (non-hydrogen) atoms. The van der Waals surface area contributed by atoms with E-state index in [1.165, 1.54) is 0 Å². The van der Waals surface area contributed by atoms with Gasteiger partial charge in [0.2, 0.25) is 0 Å². The molecular formula is C10H15NO2S. The van der Waals surface area contributed by atoms with E-state index in [4.69, 9.17) is 4.74 Å². The van der Waals surface area contributed by atoms with Gasteiger partial charge in [-0.2, -0.15) is 0 Å². The fourth-order valence-electron chi connectivity index (χ4n) is 1.03. The van der Waals surface area contributed by atoms with Crippen LogP contribution in [-0.4, -0.2) is 17.6 Å². The number of hydrogen-bond donors (Lipinski definition) is 0. The zero-order valence-electron chi connectivity index (χ0n) is 8.74. The number of esters is 1. The maximum absolute atomic E-state index is 11.1. The smallest absolute Gasteiger partial charge is 0.311 e. The van der Waals surface area contributed by atoms with Crippen LogP contribution in [0.3, 0.4) is 0 Å². The van der Waals surface area contributed by atoms with Crippen LogP contribution in [0.1, 0.15) is 37.4 Å². The number of carbonyl (C=O) groups is 1. The first-order valence-corrected chi connectivity index (χ1v) is 5.61. The summed E-state index contributed by atoms with van der Waals surface area (Å²) in [7, 11) is 0. The van der Waals surface area contributed by atoms with Gasteiger partial charge >= 0.3 is 5.97 Å². The molecule has 1 aromatic rings. The van der Waals surface area contributed by atoms with Crippen LogP contribution in [-0.2, 0) is 16.0 Å². The Morgan fingerprint density at radius 1 is 1.64 bits per heavy atom. The molecule has 0 fully saturated rings. The molecule has 0 saturated heterocycles. The first kappa shape index (κ1) is 11.2. The van der Waals surface area contributed by atoms with Gasteiger partial charge in [0.1, 0.15) is 0 Å². The Morgan fingerprint density at radius 2 is 2.36 bits per heavy atom. The van der Waals surface area contributed by atoms with Crippen LogP contribution < -0.4 is 0 Å². The predicted molar refractivity (Wildman–Crippen MR) is 56.5 cm³/mol. The molecule has 0 aliphatic carbocycles. The summed E-state index contributed by atoms with van der Waals surface area (Å²) in [4.78, 5) is 15.5. The number of carbonyl (C=O) groups excluding carboxylic acids is 1. The van der Waals surface area contributed by atoms with Crippen molar-refractivity contribution in [2.24, 2.45) is 0 Å². The second-order valence-corrected chi connectivity index (χ2v) is 4.20. The van der Waals surface area contributed by atoms with Crippen LogP contribution in [0.15, 0.2) is 5.38 Å². The van der Waals surface area contributed by atoms with E-state index in [1.54, 1.807) is 18.3 Å². The summed E-state index contributed by atoms with van der Waals surface area (Å²) in [6.07, 6.45) is 0.289. The molecule has 3 nitrogen and oxygen atoms in total. The number of rotatable bonds is 4. The molecule has 0 radical (unpaired) electrons. The third kappa shape index (κ3) is 3.10. The normalized spacial score (nSPS) is 10.6. The SMILES string of the molecule is CCOC(=O)Cc1csc(C(C)C)n1. The van der Waals surface area contributed by atoms with Crippen LogP contribution in [0.5, 0.6) is 0 Å². The molecule has 1 heterocycles. The Hall–Kier alpha value is -0.900. The lowest BCUT2D eigenvalue weighted by atomic mass is 10.2. The topological polar surface area (TPSA) is 39.2 Å². The highest BCUT2D eigenvalue weighted by atomic mass is 32.1. The van der Waals surface area contributed by atoms with E-state index in [1.807, 2.05) is 5.38 Å². The largest absolute Gasteiger partial charge is 0.466 e. The van der Waals surface area contributed by atoms with Crippen molar-refractivity contribution >= 4 is 17.3 Å². The number of thiazole rings is 1. The maximum Gasteiger partial charge on any atom is 0.311 e. The molecule has 0 saturated carbocycles. The Balaban J connectivity index is 2.55. The van der Waals surface area contributed by atoms with Crippen molar-refractivity contribution in [2.75, 3.05) is 6.61 Å². The van der Waals surface area contributed by atoms with Gasteiger partial charge in [0.25, 0.3) is 0 Å². The van der Waals surface area contributed by atoms with E-state index in [-0.39, 0.29) is 12.4 Å². The summed E-state index contributed by atoms with van der Waals surface area (Å²) >= 11 is 1.60. The highest BCUT2D eigenvalue weighted by Gasteiger charge is 2.09. The summed E-state index contributed by atoms with van der Waals surface area (Å²) in [6.45, 7) is 6.42. The third-order valence-corrected chi connectivity index (χ3v) is 2.89. The monoisotopic (exact) mass is 213 g/mol. The van der Waals surface area contributed by atoms with Crippen LogP contribution in [0.25, 0.3) is 0 Å². The van der Waals surface area contributed by atoms with Crippen molar-refractivity contribution in [1.82, 2.24) is 4.98 Å². The predicted octanol–water partition coefficient (Wildman–Crippen LogP) is 2.37. The Kier molecular flexibility index (Phi) is 4.07. The molecule has 1 rings (SSSR count). The lowest BCUT2D eigenvalue weighted by Crippen LogP contribution is -2.07. The molecule has 0 unspecified atom stereocenters. The summed E-state index contributed by atoms with van der Waals surface area (Å²) in [5, 5.41) is 3.00. The van der Waals surface area contributed by atoms with Gasteiger partial charge in [-0.1, -0.05) is 13.8 Å². The zero-order chi connectivity index (χ0) is 10.6. The third-order valence-electron chi connectivity index (χ3n) is 1.69. The molecule has 0 aliphatic rings. The van der Waals surface area contributed by atoms with Crippen molar-refractivity contribution in [3.05, 3.63) is 16.1 Å². The van der Waals surface area contributed by atoms with Crippen LogP contribution in [0.2, 0.25) is 0 Å². The average molecular weight is 213 g/mol. The van der Waals surface area contributed by atoms with E-state index < -0.39 is 0 Å². The quantitative estimate of drug-likeness (QED) is 0.721. The minimum absolute atomic E-state index is 0.201. The highest BCUT2D eigenvalue weighted by molar-refractivity contribution is 7.09. The van der Waals surface area contributed by atoms with E-state index in [0.717, 1.165) is 10.7 Å². The molecule has 0 spiro atoms. The van der Waals surface area contributed by atoms with Crippen molar-refractivity contribution in [3.8, 4) is 0 Å². The second-order valence-electron chi connectivity index (χ2n) is 3.31. The molecule has 0 atom stereocenters. The average Bonchev–Trinajstić information content (AvgIpc) is 2.53. The summed E-state index contributed by atoms with van der Waals surface area (Å²) in [5.74, 6) is 0.226. The van der Waals surface area contributed by atoms with Gasteiger partial charge in [-0.15, -0.1) is 11.3 Å².